The summed E-state index contributed by atoms with van der Waals surface area (Å²) in [5, 5.41) is 2.36. The summed E-state index contributed by atoms with van der Waals surface area (Å²) in [7, 11) is 0. The molecule has 1 aromatic carbocycles. The number of hydrogen-bond acceptors (Lipinski definition) is 4. The van der Waals surface area contributed by atoms with Gasteiger partial charge in [-0.3, -0.25) is 4.79 Å². The van der Waals surface area contributed by atoms with Crippen LogP contribution in [0.25, 0.3) is 0 Å². The molecule has 2 aromatic rings. The quantitative estimate of drug-likeness (QED) is 0.363. The van der Waals surface area contributed by atoms with Crippen LogP contribution in [-0.2, 0) is 5.92 Å². The second-order valence-electron chi connectivity index (χ2n) is 8.46. The number of alkyl halides is 5. The van der Waals surface area contributed by atoms with Crippen LogP contribution in [0, 0.1) is 5.92 Å². The third-order valence-corrected chi connectivity index (χ3v) is 6.09. The van der Waals surface area contributed by atoms with E-state index < -0.39 is 29.3 Å². The summed E-state index contributed by atoms with van der Waals surface area (Å²) in [5.41, 5.74) is -1.30. The molecule has 2 heterocycles. The summed E-state index contributed by atoms with van der Waals surface area (Å²) < 4.78 is 73.2. The molecule has 0 atom stereocenters. The predicted molar refractivity (Wildman–Crippen MR) is 119 cm³/mol. The van der Waals surface area contributed by atoms with E-state index in [-0.39, 0.29) is 28.9 Å². The molecule has 0 radical (unpaired) electrons. The second kappa shape index (κ2) is 10.4. The summed E-state index contributed by atoms with van der Waals surface area (Å²) in [4.78, 5) is 18.5. The lowest BCUT2D eigenvalue weighted by Crippen LogP contribution is -2.39. The Morgan fingerprint density at radius 2 is 1.88 bits per heavy atom. The van der Waals surface area contributed by atoms with Crippen molar-refractivity contribution in [3.05, 3.63) is 52.8 Å². The number of nitrogens with zero attached hydrogens (tertiary/aromatic N) is 2. The van der Waals surface area contributed by atoms with E-state index in [9.17, 15) is 26.7 Å². The van der Waals surface area contributed by atoms with Gasteiger partial charge in [0.1, 0.15) is 10.9 Å². The molecule has 1 aromatic heterocycles. The Morgan fingerprint density at radius 1 is 1.21 bits per heavy atom. The molecule has 0 saturated carbocycles. The number of carbonyl (C=O) groups excluding carboxylic acids is 1. The van der Waals surface area contributed by atoms with E-state index in [4.69, 9.17) is 16.3 Å². The van der Waals surface area contributed by atoms with Gasteiger partial charge < -0.3 is 15.0 Å². The van der Waals surface area contributed by atoms with Crippen molar-refractivity contribution in [1.82, 2.24) is 9.88 Å². The number of likely N-dealkylation sites (tertiary alicyclic amines) is 1. The number of benzene rings is 1. The fraction of sp³-hybridized carbons (Fsp3) is 0.478. The van der Waals surface area contributed by atoms with Crippen molar-refractivity contribution in [3.8, 4) is 5.75 Å². The Kier molecular flexibility index (Phi) is 8.02. The van der Waals surface area contributed by atoms with Crippen molar-refractivity contribution in [3.63, 3.8) is 0 Å². The van der Waals surface area contributed by atoms with E-state index in [0.717, 1.165) is 38.1 Å². The first-order chi connectivity index (χ1) is 15.9. The fourth-order valence-corrected chi connectivity index (χ4v) is 3.93. The van der Waals surface area contributed by atoms with E-state index in [1.54, 1.807) is 0 Å². The minimum Gasteiger partial charge on any atom is -0.493 e. The van der Waals surface area contributed by atoms with E-state index in [0.29, 0.717) is 12.1 Å². The van der Waals surface area contributed by atoms with E-state index >= 15 is 0 Å². The van der Waals surface area contributed by atoms with Crippen LogP contribution in [0.5, 0.6) is 5.75 Å². The molecule has 11 heteroatoms. The van der Waals surface area contributed by atoms with Crippen LogP contribution in [0.2, 0.25) is 5.15 Å². The molecule has 1 fully saturated rings. The lowest BCUT2D eigenvalue weighted by molar-refractivity contribution is -0.289. The molecule has 1 aliphatic heterocycles. The number of anilines is 1. The number of nitrogens with one attached hydrogen (secondary N) is 1. The number of aromatic nitrogens is 1. The van der Waals surface area contributed by atoms with Gasteiger partial charge in [-0.15, -0.1) is 0 Å². The third kappa shape index (κ3) is 5.96. The Hall–Kier alpha value is -2.46. The molecular formula is C23H25ClF5N3O2. The van der Waals surface area contributed by atoms with Crippen molar-refractivity contribution < 1.29 is 31.5 Å². The highest BCUT2D eigenvalue weighted by Crippen LogP contribution is 2.47. The number of amides is 1. The molecule has 5 nitrogen and oxygen atoms in total. The lowest BCUT2D eigenvalue weighted by Gasteiger charge is -2.34. The predicted octanol–water partition coefficient (Wildman–Crippen LogP) is 6.14. The Labute approximate surface area is 199 Å². The van der Waals surface area contributed by atoms with Crippen molar-refractivity contribution in [2.75, 3.05) is 25.0 Å². The van der Waals surface area contributed by atoms with Crippen LogP contribution in [0.1, 0.15) is 42.6 Å². The zero-order valence-electron chi connectivity index (χ0n) is 18.6. The smallest absolute Gasteiger partial charge is 0.458 e. The zero-order chi connectivity index (χ0) is 25.1. The minimum absolute atomic E-state index is 0.00908. The minimum atomic E-state index is -5.80. The average Bonchev–Trinajstić information content (AvgIpc) is 2.77. The molecule has 186 valence electrons. The summed E-state index contributed by atoms with van der Waals surface area (Å²) in [5.74, 6) is -6.45. The molecule has 0 spiro atoms. The van der Waals surface area contributed by atoms with E-state index in [2.05, 4.69) is 29.0 Å². The molecule has 1 N–H and O–H groups in total. The average molecular weight is 506 g/mol. The molecule has 0 bridgehead atoms. The Morgan fingerprint density at radius 3 is 2.47 bits per heavy atom. The van der Waals surface area contributed by atoms with Gasteiger partial charge in [0, 0.05) is 24.0 Å². The van der Waals surface area contributed by atoms with Gasteiger partial charge in [0.25, 0.3) is 5.91 Å². The molecular weight excluding hydrogens is 481 g/mol. The standard InChI is InChI=1S/C23H25ClF5N3O2/c1-14(2)32-10-7-15(8-11-32)13-34-19-12-16(5-6-18(19)22(25,26)23(27,28)29)31-21(33)17-4-3-9-30-20(17)24/h3-6,9,12,14-15H,7-8,10-11,13H2,1-2H3,(H,31,33). The van der Waals surface area contributed by atoms with Gasteiger partial charge in [0.2, 0.25) is 0 Å². The lowest BCUT2D eigenvalue weighted by atomic mass is 9.97. The van der Waals surface area contributed by atoms with Crippen LogP contribution in [0.3, 0.4) is 0 Å². The van der Waals surface area contributed by atoms with Crippen molar-refractivity contribution in [1.29, 1.82) is 0 Å². The summed E-state index contributed by atoms with van der Waals surface area (Å²) in [6, 6.07) is 5.80. The molecule has 0 unspecified atom stereocenters. The molecule has 1 saturated heterocycles. The number of hydrogen-bond donors (Lipinski definition) is 1. The second-order valence-corrected chi connectivity index (χ2v) is 8.82. The van der Waals surface area contributed by atoms with Gasteiger partial charge >= 0.3 is 12.1 Å². The van der Waals surface area contributed by atoms with Crippen LogP contribution in [-0.4, -0.2) is 47.7 Å². The fourth-order valence-electron chi connectivity index (χ4n) is 3.73. The molecule has 1 amide bonds. The van der Waals surface area contributed by atoms with E-state index in [1.165, 1.54) is 18.3 Å². The van der Waals surface area contributed by atoms with Gasteiger partial charge in [0.15, 0.2) is 0 Å². The van der Waals surface area contributed by atoms with Gasteiger partial charge in [0.05, 0.1) is 17.7 Å². The first kappa shape index (κ1) is 26.2. The summed E-state index contributed by atoms with van der Waals surface area (Å²) >= 11 is 5.89. The van der Waals surface area contributed by atoms with E-state index in [1.807, 2.05) is 0 Å². The highest BCUT2D eigenvalue weighted by Gasteiger charge is 2.60. The Balaban J connectivity index is 1.82. The number of halogens is 6. The number of piperidine rings is 1. The maximum absolute atomic E-state index is 14.2. The number of carbonyl (C=O) groups is 1. The van der Waals surface area contributed by atoms with Gasteiger partial charge in [-0.25, -0.2) is 4.98 Å². The van der Waals surface area contributed by atoms with Crippen molar-refractivity contribution in [2.24, 2.45) is 5.92 Å². The van der Waals surface area contributed by atoms with Crippen molar-refractivity contribution in [2.45, 2.75) is 44.8 Å². The van der Waals surface area contributed by atoms with Gasteiger partial charge in [-0.2, -0.15) is 22.0 Å². The number of pyridine rings is 1. The van der Waals surface area contributed by atoms with Crippen molar-refractivity contribution >= 4 is 23.2 Å². The molecule has 3 rings (SSSR count). The first-order valence-electron chi connectivity index (χ1n) is 10.8. The third-order valence-electron chi connectivity index (χ3n) is 5.79. The highest BCUT2D eigenvalue weighted by molar-refractivity contribution is 6.33. The first-order valence-corrected chi connectivity index (χ1v) is 11.2. The molecule has 34 heavy (non-hydrogen) atoms. The molecule has 0 aliphatic carbocycles. The van der Waals surface area contributed by atoms with Crippen LogP contribution >= 0.6 is 11.6 Å². The zero-order valence-corrected chi connectivity index (χ0v) is 19.4. The maximum atomic E-state index is 14.2. The topological polar surface area (TPSA) is 54.5 Å². The highest BCUT2D eigenvalue weighted by atomic mass is 35.5. The normalized spacial score (nSPS) is 16.0. The van der Waals surface area contributed by atoms with Gasteiger partial charge in [-0.1, -0.05) is 11.6 Å². The Bertz CT molecular complexity index is 1010. The number of ether oxygens (including phenoxy) is 1. The number of rotatable bonds is 7. The monoisotopic (exact) mass is 505 g/mol. The summed E-state index contributed by atoms with van der Waals surface area (Å²) in [6.45, 7) is 5.71. The van der Waals surface area contributed by atoms with Gasteiger partial charge in [-0.05, 0) is 70.0 Å². The van der Waals surface area contributed by atoms with Crippen LogP contribution in [0.15, 0.2) is 36.5 Å². The maximum Gasteiger partial charge on any atom is 0.458 e. The SMILES string of the molecule is CC(C)N1CCC(COc2cc(NC(=O)c3cccnc3Cl)ccc2C(F)(F)C(F)(F)F)CC1. The summed E-state index contributed by atoms with van der Waals surface area (Å²) in [6.07, 6.45) is -2.95. The molecule has 1 aliphatic rings. The largest absolute Gasteiger partial charge is 0.493 e. The van der Waals surface area contributed by atoms with Crippen LogP contribution < -0.4 is 10.1 Å². The van der Waals surface area contributed by atoms with Crippen LogP contribution in [0.4, 0.5) is 27.6 Å².